The Kier molecular flexibility index (Phi) is 5.48. The summed E-state index contributed by atoms with van der Waals surface area (Å²) in [6, 6.07) is 14.6. The van der Waals surface area contributed by atoms with Gasteiger partial charge in [0.25, 0.3) is 0 Å². The Labute approximate surface area is 134 Å². The zero-order valence-corrected chi connectivity index (χ0v) is 13.1. The summed E-state index contributed by atoms with van der Waals surface area (Å²) < 4.78 is 0. The number of benzene rings is 2. The largest absolute Gasteiger partial charge is 0.376 e. The van der Waals surface area contributed by atoms with Crippen molar-refractivity contribution in [3.05, 3.63) is 64.1 Å². The Morgan fingerprint density at radius 2 is 1.52 bits per heavy atom. The molecule has 2 aromatic rings. The zero-order chi connectivity index (χ0) is 15.2. The lowest BCUT2D eigenvalue weighted by Gasteiger charge is -2.15. The van der Waals surface area contributed by atoms with Crippen LogP contribution in [-0.2, 0) is 4.79 Å². The van der Waals surface area contributed by atoms with Gasteiger partial charge in [-0.1, -0.05) is 35.3 Å². The third kappa shape index (κ3) is 4.96. The molecule has 5 heteroatoms. The van der Waals surface area contributed by atoms with E-state index in [-0.39, 0.29) is 18.5 Å². The first kappa shape index (κ1) is 15.7. The molecule has 0 radical (unpaired) electrons. The van der Waals surface area contributed by atoms with Gasteiger partial charge < -0.3 is 10.6 Å². The van der Waals surface area contributed by atoms with Crippen LogP contribution in [0.3, 0.4) is 0 Å². The molecule has 0 bridgehead atoms. The molecule has 0 heterocycles. The van der Waals surface area contributed by atoms with Crippen LogP contribution in [0.15, 0.2) is 48.5 Å². The maximum atomic E-state index is 11.9. The second-order valence-electron chi connectivity index (χ2n) is 4.70. The van der Waals surface area contributed by atoms with E-state index in [2.05, 4.69) is 10.6 Å². The summed E-state index contributed by atoms with van der Waals surface area (Å²) in [6.07, 6.45) is 0. The number of carbonyl (C=O) groups is 1. The summed E-state index contributed by atoms with van der Waals surface area (Å²) in [5.74, 6) is -0.0765. The van der Waals surface area contributed by atoms with Gasteiger partial charge in [-0.05, 0) is 48.9 Å². The molecule has 2 aromatic carbocycles. The number of amides is 1. The average molecular weight is 323 g/mol. The normalized spacial score (nSPS) is 11.8. The molecule has 1 unspecified atom stereocenters. The van der Waals surface area contributed by atoms with Crippen LogP contribution in [0.4, 0.5) is 5.69 Å². The fourth-order valence-electron chi connectivity index (χ4n) is 1.88. The van der Waals surface area contributed by atoms with Crippen molar-refractivity contribution in [1.29, 1.82) is 0 Å². The maximum Gasteiger partial charge on any atom is 0.239 e. The average Bonchev–Trinajstić information content (AvgIpc) is 2.47. The summed E-state index contributed by atoms with van der Waals surface area (Å²) in [7, 11) is 0. The van der Waals surface area contributed by atoms with Gasteiger partial charge in [0.05, 0.1) is 12.6 Å². The van der Waals surface area contributed by atoms with Gasteiger partial charge in [0.1, 0.15) is 0 Å². The third-order valence-electron chi connectivity index (χ3n) is 3.04. The van der Waals surface area contributed by atoms with Crippen LogP contribution >= 0.6 is 23.2 Å². The number of nitrogens with one attached hydrogen (secondary N) is 2. The molecule has 1 atom stereocenters. The van der Waals surface area contributed by atoms with Crippen LogP contribution in [-0.4, -0.2) is 12.5 Å². The molecule has 2 N–H and O–H groups in total. The lowest BCUT2D eigenvalue weighted by atomic mass is 10.1. The van der Waals surface area contributed by atoms with E-state index in [1.807, 2.05) is 43.3 Å². The van der Waals surface area contributed by atoms with Crippen molar-refractivity contribution < 1.29 is 4.79 Å². The number of carbonyl (C=O) groups excluding carboxylic acids is 1. The highest BCUT2D eigenvalue weighted by molar-refractivity contribution is 6.30. The molecular formula is C16H16Cl2N2O. The molecular weight excluding hydrogens is 307 g/mol. The van der Waals surface area contributed by atoms with Crippen molar-refractivity contribution >= 4 is 34.8 Å². The van der Waals surface area contributed by atoms with Crippen molar-refractivity contribution in [1.82, 2.24) is 5.32 Å². The fraction of sp³-hybridized carbons (Fsp3) is 0.188. The van der Waals surface area contributed by atoms with Crippen LogP contribution in [0, 0.1) is 0 Å². The highest BCUT2D eigenvalue weighted by Gasteiger charge is 2.09. The van der Waals surface area contributed by atoms with E-state index in [0.29, 0.717) is 10.0 Å². The minimum atomic E-state index is -0.0765. The lowest BCUT2D eigenvalue weighted by molar-refractivity contribution is -0.120. The predicted octanol–water partition coefficient (Wildman–Crippen LogP) is 4.28. The lowest BCUT2D eigenvalue weighted by Crippen LogP contribution is -2.32. The van der Waals surface area contributed by atoms with Crippen molar-refractivity contribution in [3.8, 4) is 0 Å². The van der Waals surface area contributed by atoms with Crippen LogP contribution in [0.2, 0.25) is 10.0 Å². The van der Waals surface area contributed by atoms with Crippen LogP contribution in [0.25, 0.3) is 0 Å². The monoisotopic (exact) mass is 322 g/mol. The van der Waals surface area contributed by atoms with E-state index in [9.17, 15) is 4.79 Å². The molecule has 2 rings (SSSR count). The van der Waals surface area contributed by atoms with Crippen molar-refractivity contribution in [3.63, 3.8) is 0 Å². The molecule has 0 aliphatic carbocycles. The summed E-state index contributed by atoms with van der Waals surface area (Å²) in [5, 5.41) is 7.32. The topological polar surface area (TPSA) is 41.1 Å². The Hall–Kier alpha value is -1.71. The molecule has 0 saturated heterocycles. The van der Waals surface area contributed by atoms with E-state index < -0.39 is 0 Å². The Balaban J connectivity index is 1.83. The first-order valence-electron chi connectivity index (χ1n) is 6.59. The van der Waals surface area contributed by atoms with Gasteiger partial charge in [-0.2, -0.15) is 0 Å². The molecule has 0 aromatic heterocycles. The second kappa shape index (κ2) is 7.34. The van der Waals surface area contributed by atoms with E-state index >= 15 is 0 Å². The molecule has 1 amide bonds. The summed E-state index contributed by atoms with van der Waals surface area (Å²) in [4.78, 5) is 11.9. The van der Waals surface area contributed by atoms with Gasteiger partial charge in [-0.3, -0.25) is 4.79 Å². The molecule has 0 spiro atoms. The fourth-order valence-corrected chi connectivity index (χ4v) is 2.13. The van der Waals surface area contributed by atoms with Crippen LogP contribution in [0.5, 0.6) is 0 Å². The summed E-state index contributed by atoms with van der Waals surface area (Å²) in [5.41, 5.74) is 1.87. The number of anilines is 1. The van der Waals surface area contributed by atoms with Gasteiger partial charge in [0.2, 0.25) is 5.91 Å². The van der Waals surface area contributed by atoms with E-state index in [1.54, 1.807) is 12.1 Å². The van der Waals surface area contributed by atoms with Gasteiger partial charge in [0.15, 0.2) is 0 Å². The molecule has 21 heavy (non-hydrogen) atoms. The SMILES string of the molecule is CC(NC(=O)CNc1ccc(Cl)cc1)c1ccc(Cl)cc1. The van der Waals surface area contributed by atoms with Crippen molar-refractivity contribution in [2.24, 2.45) is 0 Å². The molecule has 110 valence electrons. The summed E-state index contributed by atoms with van der Waals surface area (Å²) >= 11 is 11.6. The zero-order valence-electron chi connectivity index (χ0n) is 11.6. The van der Waals surface area contributed by atoms with Gasteiger partial charge >= 0.3 is 0 Å². The van der Waals surface area contributed by atoms with Gasteiger partial charge in [-0.15, -0.1) is 0 Å². The van der Waals surface area contributed by atoms with E-state index in [4.69, 9.17) is 23.2 Å². The van der Waals surface area contributed by atoms with E-state index in [1.165, 1.54) is 0 Å². The first-order valence-corrected chi connectivity index (χ1v) is 7.34. The molecule has 0 aliphatic heterocycles. The molecule has 3 nitrogen and oxygen atoms in total. The minimum Gasteiger partial charge on any atom is -0.376 e. The van der Waals surface area contributed by atoms with Crippen molar-refractivity contribution in [2.45, 2.75) is 13.0 Å². The number of hydrogen-bond acceptors (Lipinski definition) is 2. The Morgan fingerprint density at radius 1 is 1.00 bits per heavy atom. The number of halogens is 2. The third-order valence-corrected chi connectivity index (χ3v) is 3.55. The maximum absolute atomic E-state index is 11.9. The second-order valence-corrected chi connectivity index (χ2v) is 5.57. The predicted molar refractivity (Wildman–Crippen MR) is 88.0 cm³/mol. The quantitative estimate of drug-likeness (QED) is 0.862. The highest BCUT2D eigenvalue weighted by Crippen LogP contribution is 2.16. The van der Waals surface area contributed by atoms with Crippen LogP contribution < -0.4 is 10.6 Å². The van der Waals surface area contributed by atoms with Gasteiger partial charge in [-0.25, -0.2) is 0 Å². The van der Waals surface area contributed by atoms with Gasteiger partial charge in [0, 0.05) is 15.7 Å². The Bertz CT molecular complexity index is 597. The highest BCUT2D eigenvalue weighted by atomic mass is 35.5. The molecule has 0 aliphatic rings. The minimum absolute atomic E-state index is 0.0678. The van der Waals surface area contributed by atoms with Crippen LogP contribution in [0.1, 0.15) is 18.5 Å². The Morgan fingerprint density at radius 3 is 2.10 bits per heavy atom. The van der Waals surface area contributed by atoms with E-state index in [0.717, 1.165) is 11.3 Å². The molecule has 0 fully saturated rings. The number of rotatable bonds is 5. The number of hydrogen-bond donors (Lipinski definition) is 2. The first-order chi connectivity index (χ1) is 10.0. The standard InChI is InChI=1S/C16H16Cl2N2O/c1-11(12-2-4-13(17)5-3-12)20-16(21)10-19-15-8-6-14(18)7-9-15/h2-9,11,19H,10H2,1H3,(H,20,21). The molecule has 0 saturated carbocycles. The smallest absolute Gasteiger partial charge is 0.239 e. The summed E-state index contributed by atoms with van der Waals surface area (Å²) in [6.45, 7) is 2.14. The van der Waals surface area contributed by atoms with Crippen molar-refractivity contribution in [2.75, 3.05) is 11.9 Å².